The largest absolute Gasteiger partial charge is 0.452 e. The summed E-state index contributed by atoms with van der Waals surface area (Å²) in [5.41, 5.74) is 3.08. The van der Waals surface area contributed by atoms with Crippen molar-refractivity contribution >= 4 is 52.2 Å². The van der Waals surface area contributed by atoms with Gasteiger partial charge in [-0.3, -0.25) is 15.1 Å². The van der Waals surface area contributed by atoms with Crippen molar-refractivity contribution in [3.05, 3.63) is 136 Å². The van der Waals surface area contributed by atoms with Crippen LogP contribution < -0.4 is 10.2 Å². The summed E-state index contributed by atoms with van der Waals surface area (Å²) < 4.78 is 6.42. The lowest BCUT2D eigenvalue weighted by Gasteiger charge is -2.26. The summed E-state index contributed by atoms with van der Waals surface area (Å²) in [6.07, 6.45) is 1.78. The number of nitro groups is 1. The maximum absolute atomic E-state index is 11.0. The average Bonchev–Trinajstić information content (AvgIpc) is 3.59. The van der Waals surface area contributed by atoms with Gasteiger partial charge in [-0.15, -0.1) is 0 Å². The molecule has 41 heavy (non-hydrogen) atoms. The van der Waals surface area contributed by atoms with Crippen LogP contribution in [0.1, 0.15) is 29.1 Å². The first-order valence-corrected chi connectivity index (χ1v) is 14.9. The molecule has 2 aromatic heterocycles. The topological polar surface area (TPSA) is 84.4 Å². The van der Waals surface area contributed by atoms with Gasteiger partial charge in [0, 0.05) is 38.7 Å². The number of nitro benzene ring substituents is 1. The van der Waals surface area contributed by atoms with Crippen LogP contribution in [0.3, 0.4) is 0 Å². The van der Waals surface area contributed by atoms with Gasteiger partial charge in [-0.2, -0.15) is 0 Å². The number of hydrogen-bond acceptors (Lipinski definition) is 7. The molecular weight excluding hydrogens is 573 g/mol. The van der Waals surface area contributed by atoms with Crippen molar-refractivity contribution in [2.75, 3.05) is 4.90 Å². The zero-order valence-electron chi connectivity index (χ0n) is 21.8. The second-order valence-electron chi connectivity index (χ2n) is 9.42. The van der Waals surface area contributed by atoms with Crippen LogP contribution in [0.15, 0.2) is 134 Å². The van der Waals surface area contributed by atoms with Gasteiger partial charge >= 0.3 is 0 Å². The molecule has 3 heterocycles. The summed E-state index contributed by atoms with van der Waals surface area (Å²) in [6.45, 7) is 2.07. The van der Waals surface area contributed by atoms with Crippen LogP contribution in [0.5, 0.6) is 0 Å². The molecular formula is C31H24N4O3S3. The molecule has 0 saturated carbocycles. The lowest BCUT2D eigenvalue weighted by molar-refractivity contribution is -0.384. The number of non-ortho nitro benzene ring substituents is 1. The van der Waals surface area contributed by atoms with E-state index in [1.165, 1.54) is 29.5 Å². The van der Waals surface area contributed by atoms with E-state index in [9.17, 15) is 10.1 Å². The highest BCUT2D eigenvalue weighted by molar-refractivity contribution is 7.99. The van der Waals surface area contributed by atoms with E-state index >= 15 is 0 Å². The molecule has 0 aliphatic carbocycles. The van der Waals surface area contributed by atoms with Crippen molar-refractivity contribution in [3.63, 3.8) is 0 Å². The molecule has 1 N–H and O–H groups in total. The summed E-state index contributed by atoms with van der Waals surface area (Å²) >= 11 is 8.97. The highest BCUT2D eigenvalue weighted by atomic mass is 32.2. The fraction of sp³-hybridized carbons (Fsp3) is 0.0968. The Hall–Kier alpha value is -4.12. The predicted octanol–water partition coefficient (Wildman–Crippen LogP) is 8.37. The Balaban J connectivity index is 1.28. The molecule has 0 radical (unpaired) electrons. The van der Waals surface area contributed by atoms with E-state index in [0.29, 0.717) is 5.11 Å². The van der Waals surface area contributed by atoms with E-state index in [0.717, 1.165) is 36.9 Å². The number of furan rings is 1. The molecule has 0 spiro atoms. The van der Waals surface area contributed by atoms with E-state index in [-0.39, 0.29) is 17.8 Å². The lowest BCUT2D eigenvalue weighted by atomic mass is 10.0. The highest BCUT2D eigenvalue weighted by Crippen LogP contribution is 2.44. The molecule has 3 aromatic carbocycles. The Kier molecular flexibility index (Phi) is 7.78. The van der Waals surface area contributed by atoms with Gasteiger partial charge in [0.05, 0.1) is 16.7 Å². The number of benzene rings is 3. The Morgan fingerprint density at radius 1 is 0.878 bits per heavy atom. The molecule has 1 saturated heterocycles. The van der Waals surface area contributed by atoms with E-state index in [2.05, 4.69) is 46.4 Å². The third-order valence-electron chi connectivity index (χ3n) is 6.63. The zero-order valence-corrected chi connectivity index (χ0v) is 24.3. The molecule has 1 aliphatic rings. The molecule has 204 valence electrons. The van der Waals surface area contributed by atoms with Gasteiger partial charge in [-0.25, -0.2) is 0 Å². The van der Waals surface area contributed by atoms with Crippen molar-refractivity contribution in [2.24, 2.45) is 0 Å². The number of nitrogens with one attached hydrogen (secondary N) is 1. The summed E-state index contributed by atoms with van der Waals surface area (Å²) in [6, 6.07) is 32.4. The minimum atomic E-state index is -0.395. The fourth-order valence-corrected chi connectivity index (χ4v) is 6.58. The SMILES string of the molecule is Cc1ccc(Sc2ccc([C@H]3[C@@H](c4ccccn4)NC(=S)N3c3ccc(Sc4ccc([N+](=O)[O-])cc4)cc3)o2)cc1. The zero-order chi connectivity index (χ0) is 28.3. The normalized spacial score (nSPS) is 16.5. The Bertz CT molecular complexity index is 1680. The molecule has 5 aromatic rings. The van der Waals surface area contributed by atoms with Crippen molar-refractivity contribution < 1.29 is 9.34 Å². The second kappa shape index (κ2) is 11.8. The third-order valence-corrected chi connectivity index (χ3v) is 8.89. The van der Waals surface area contributed by atoms with E-state index in [1.54, 1.807) is 30.1 Å². The predicted molar refractivity (Wildman–Crippen MR) is 166 cm³/mol. The van der Waals surface area contributed by atoms with Crippen molar-refractivity contribution in [2.45, 2.75) is 38.8 Å². The molecule has 0 bridgehead atoms. The number of nitrogens with zero attached hydrogens (tertiary/aromatic N) is 3. The highest BCUT2D eigenvalue weighted by Gasteiger charge is 2.42. The number of thiocarbonyl (C=S) groups is 1. The Labute approximate surface area is 251 Å². The van der Waals surface area contributed by atoms with Crippen LogP contribution in [0, 0.1) is 17.0 Å². The van der Waals surface area contributed by atoms with Gasteiger partial charge in [0.25, 0.3) is 5.69 Å². The standard InChI is InChI=1S/C31H24N4O3S3/c1-20-5-11-25(12-6-20)41-28-18-17-27(38-28)30-29(26-4-2-3-19-32-26)33-31(39)34(30)21-7-13-23(14-8-21)40-24-15-9-22(10-16-24)35(36)37/h2-19,29-30H,1H3,(H,33,39)/t29-,30+/m1/s1. The minimum absolute atomic E-state index is 0.0756. The van der Waals surface area contributed by atoms with Gasteiger partial charge in [0.15, 0.2) is 10.2 Å². The molecule has 7 nitrogen and oxygen atoms in total. The van der Waals surface area contributed by atoms with Gasteiger partial charge < -0.3 is 14.6 Å². The van der Waals surface area contributed by atoms with Crippen LogP contribution >= 0.6 is 35.7 Å². The molecule has 1 aliphatic heterocycles. The maximum Gasteiger partial charge on any atom is 0.269 e. The minimum Gasteiger partial charge on any atom is -0.452 e. The fourth-order valence-electron chi connectivity index (χ4n) is 4.64. The third kappa shape index (κ3) is 6.00. The van der Waals surface area contributed by atoms with Crippen LogP contribution in [-0.2, 0) is 0 Å². The summed E-state index contributed by atoms with van der Waals surface area (Å²) in [7, 11) is 0. The number of pyridine rings is 1. The molecule has 0 amide bonds. The second-order valence-corrected chi connectivity index (χ2v) is 12.0. The van der Waals surface area contributed by atoms with Gasteiger partial charge in [-0.05, 0) is 91.9 Å². The summed E-state index contributed by atoms with van der Waals surface area (Å²) in [5.74, 6) is 0.784. The average molecular weight is 597 g/mol. The first-order chi connectivity index (χ1) is 19.9. The monoisotopic (exact) mass is 596 g/mol. The quantitative estimate of drug-likeness (QED) is 0.108. The number of rotatable bonds is 8. The van der Waals surface area contributed by atoms with Crippen LogP contribution in [0.25, 0.3) is 0 Å². The molecule has 6 rings (SSSR count). The smallest absolute Gasteiger partial charge is 0.269 e. The van der Waals surface area contributed by atoms with Gasteiger partial charge in [0.2, 0.25) is 0 Å². The van der Waals surface area contributed by atoms with Crippen LogP contribution in [-0.4, -0.2) is 15.0 Å². The van der Waals surface area contributed by atoms with Crippen molar-refractivity contribution in [1.29, 1.82) is 0 Å². The van der Waals surface area contributed by atoms with E-state index < -0.39 is 4.92 Å². The van der Waals surface area contributed by atoms with Crippen LogP contribution in [0.4, 0.5) is 11.4 Å². The molecule has 0 unspecified atom stereocenters. The molecule has 1 fully saturated rings. The number of hydrogen-bond donors (Lipinski definition) is 1. The van der Waals surface area contributed by atoms with Crippen molar-refractivity contribution in [1.82, 2.24) is 10.3 Å². The lowest BCUT2D eigenvalue weighted by Crippen LogP contribution is -2.29. The number of aryl methyl sites for hydroxylation is 1. The van der Waals surface area contributed by atoms with Crippen LogP contribution in [0.2, 0.25) is 0 Å². The molecule has 10 heteroatoms. The summed E-state index contributed by atoms with van der Waals surface area (Å²) in [5, 5.41) is 15.8. The summed E-state index contributed by atoms with van der Waals surface area (Å²) in [4.78, 5) is 20.3. The Morgan fingerprint density at radius 2 is 1.54 bits per heavy atom. The van der Waals surface area contributed by atoms with Gasteiger partial charge in [-0.1, -0.05) is 47.3 Å². The van der Waals surface area contributed by atoms with E-state index in [1.807, 2.05) is 54.6 Å². The first kappa shape index (κ1) is 27.1. The maximum atomic E-state index is 11.0. The molecule has 2 atom stereocenters. The Morgan fingerprint density at radius 3 is 2.20 bits per heavy atom. The number of anilines is 1. The van der Waals surface area contributed by atoms with E-state index in [4.69, 9.17) is 16.6 Å². The first-order valence-electron chi connectivity index (χ1n) is 12.8. The van der Waals surface area contributed by atoms with Crippen molar-refractivity contribution in [3.8, 4) is 0 Å². The van der Waals surface area contributed by atoms with Gasteiger partial charge in [0.1, 0.15) is 11.8 Å². The number of aromatic nitrogens is 1.